The summed E-state index contributed by atoms with van der Waals surface area (Å²) < 4.78 is 0. The van der Waals surface area contributed by atoms with E-state index < -0.39 is 0 Å². The Kier molecular flexibility index (Phi) is 3.94. The van der Waals surface area contributed by atoms with E-state index in [9.17, 15) is 0 Å². The van der Waals surface area contributed by atoms with Crippen LogP contribution in [0.3, 0.4) is 0 Å². The van der Waals surface area contributed by atoms with Gasteiger partial charge in [-0.05, 0) is 69.6 Å². The van der Waals surface area contributed by atoms with Crippen LogP contribution in [0.25, 0.3) is 33.7 Å². The maximum atomic E-state index is 5.19. The fourth-order valence-corrected chi connectivity index (χ4v) is 5.33. The van der Waals surface area contributed by atoms with Crippen molar-refractivity contribution in [1.29, 1.82) is 0 Å². The predicted octanol–water partition coefficient (Wildman–Crippen LogP) is 5.01. The van der Waals surface area contributed by atoms with Crippen molar-refractivity contribution in [3.63, 3.8) is 0 Å². The lowest BCUT2D eigenvalue weighted by atomic mass is 9.60. The second-order valence-electron chi connectivity index (χ2n) is 8.82. The smallest absolute Gasteiger partial charge is 0.125 e. The second-order valence-corrected chi connectivity index (χ2v) is 8.82. The average Bonchev–Trinajstić information content (AvgIpc) is 3.27. The molecule has 3 fully saturated rings. The molecule has 1 N–H and O–H groups in total. The Bertz CT molecular complexity index is 1220. The summed E-state index contributed by atoms with van der Waals surface area (Å²) >= 11 is 0. The molecule has 6 nitrogen and oxygen atoms in total. The third-order valence-corrected chi connectivity index (χ3v) is 7.08. The molecule has 2 bridgehead atoms. The molecule has 3 heterocycles. The highest BCUT2D eigenvalue weighted by Gasteiger charge is 2.44. The van der Waals surface area contributed by atoms with Gasteiger partial charge in [-0.1, -0.05) is 6.07 Å². The lowest BCUT2D eigenvalue weighted by Gasteiger charge is -2.45. The molecular weight excluding hydrogens is 372 g/mol. The van der Waals surface area contributed by atoms with E-state index in [1.807, 2.05) is 25.3 Å². The van der Waals surface area contributed by atoms with E-state index in [0.717, 1.165) is 51.2 Å². The lowest BCUT2D eigenvalue weighted by Crippen LogP contribution is -2.38. The Morgan fingerprint density at radius 1 is 0.867 bits per heavy atom. The first kappa shape index (κ1) is 17.7. The number of nitrogens with one attached hydrogen (secondary N) is 1. The zero-order chi connectivity index (χ0) is 20.1. The van der Waals surface area contributed by atoms with E-state index >= 15 is 0 Å². The van der Waals surface area contributed by atoms with Crippen molar-refractivity contribution >= 4 is 11.0 Å². The molecule has 0 aliphatic heterocycles. The van der Waals surface area contributed by atoms with Crippen molar-refractivity contribution in [2.45, 2.75) is 50.9 Å². The minimum absolute atomic E-state index is 0.181. The first-order chi connectivity index (χ1) is 14.7. The number of hydrogen-bond donors (Lipinski definition) is 1. The normalized spacial score (nSPS) is 23.2. The van der Waals surface area contributed by atoms with Gasteiger partial charge in [0.25, 0.3) is 0 Å². The minimum atomic E-state index is 0.181. The van der Waals surface area contributed by atoms with Crippen LogP contribution in [0.2, 0.25) is 0 Å². The summed E-state index contributed by atoms with van der Waals surface area (Å²) in [5.74, 6) is 2.80. The summed E-state index contributed by atoms with van der Waals surface area (Å²) in [5.41, 5.74) is 5.80. The van der Waals surface area contributed by atoms with Crippen molar-refractivity contribution in [1.82, 2.24) is 29.9 Å². The summed E-state index contributed by atoms with van der Waals surface area (Å²) in [5, 5.41) is 0. The molecule has 0 unspecified atom stereocenters. The first-order valence-electron chi connectivity index (χ1n) is 10.8. The summed E-state index contributed by atoms with van der Waals surface area (Å²) in [4.78, 5) is 26.8. The van der Waals surface area contributed by atoms with E-state index in [0.29, 0.717) is 0 Å². The first-order valence-corrected chi connectivity index (χ1v) is 10.8. The van der Waals surface area contributed by atoms with Crippen LogP contribution in [0.5, 0.6) is 0 Å². The Labute approximate surface area is 175 Å². The average molecular weight is 396 g/mol. The van der Waals surface area contributed by atoms with E-state index in [4.69, 9.17) is 4.98 Å². The molecule has 6 heteroatoms. The third-order valence-electron chi connectivity index (χ3n) is 7.08. The third kappa shape index (κ3) is 2.82. The van der Waals surface area contributed by atoms with Crippen LogP contribution in [-0.2, 0) is 5.41 Å². The number of aromatic amines is 1. The lowest BCUT2D eigenvalue weighted by molar-refractivity contribution is 0.129. The number of hydrogen-bond acceptors (Lipinski definition) is 5. The molecule has 1 aromatic carbocycles. The van der Waals surface area contributed by atoms with Gasteiger partial charge in [-0.15, -0.1) is 0 Å². The van der Waals surface area contributed by atoms with Crippen LogP contribution in [0.1, 0.15) is 50.2 Å². The Morgan fingerprint density at radius 2 is 1.63 bits per heavy atom. The van der Waals surface area contributed by atoms with Gasteiger partial charge in [0.2, 0.25) is 0 Å². The second kappa shape index (κ2) is 6.69. The molecule has 3 aromatic heterocycles. The topological polar surface area (TPSA) is 80.2 Å². The largest absolute Gasteiger partial charge is 0.341 e. The number of rotatable bonds is 3. The van der Waals surface area contributed by atoms with Gasteiger partial charge in [0.1, 0.15) is 17.3 Å². The molecule has 0 atom stereocenters. The highest BCUT2D eigenvalue weighted by molar-refractivity contribution is 5.84. The summed E-state index contributed by atoms with van der Waals surface area (Å²) in [6.45, 7) is 1.92. The van der Waals surface area contributed by atoms with Gasteiger partial charge in [-0.25, -0.2) is 15.0 Å². The van der Waals surface area contributed by atoms with Gasteiger partial charge in [0.15, 0.2) is 0 Å². The van der Waals surface area contributed by atoms with Gasteiger partial charge in [0.05, 0.1) is 22.4 Å². The standard InChI is InChI=1S/C24H24N6/c1-15-25-11-7-19(28-15)22-21(17-2-3-18-20(14-17)27-13-12-26-18)29-23(30-22)24-8-4-16(5-9-24)6-10-24/h2-3,7,11-14,16H,4-6,8-10H2,1H3,(H,29,30). The Morgan fingerprint density at radius 3 is 2.40 bits per heavy atom. The summed E-state index contributed by atoms with van der Waals surface area (Å²) in [6, 6.07) is 8.16. The molecule has 0 amide bonds. The number of imidazole rings is 1. The van der Waals surface area contributed by atoms with Crippen molar-refractivity contribution in [2.24, 2.45) is 5.92 Å². The van der Waals surface area contributed by atoms with Crippen LogP contribution < -0.4 is 0 Å². The quantitative estimate of drug-likeness (QED) is 0.527. The molecule has 3 saturated carbocycles. The highest BCUT2D eigenvalue weighted by Crippen LogP contribution is 2.51. The molecular formula is C24H24N6. The van der Waals surface area contributed by atoms with E-state index in [2.05, 4.69) is 37.1 Å². The number of aryl methyl sites for hydroxylation is 1. The number of benzene rings is 1. The van der Waals surface area contributed by atoms with Crippen molar-refractivity contribution in [2.75, 3.05) is 0 Å². The van der Waals surface area contributed by atoms with Gasteiger partial charge in [-0.3, -0.25) is 9.97 Å². The van der Waals surface area contributed by atoms with Crippen LogP contribution in [0.4, 0.5) is 0 Å². The van der Waals surface area contributed by atoms with Gasteiger partial charge >= 0.3 is 0 Å². The summed E-state index contributed by atoms with van der Waals surface area (Å²) in [7, 11) is 0. The van der Waals surface area contributed by atoms with E-state index in [1.165, 1.54) is 38.5 Å². The zero-order valence-electron chi connectivity index (χ0n) is 17.1. The molecule has 0 radical (unpaired) electrons. The van der Waals surface area contributed by atoms with E-state index in [1.54, 1.807) is 12.4 Å². The molecule has 150 valence electrons. The van der Waals surface area contributed by atoms with E-state index in [-0.39, 0.29) is 5.41 Å². The molecule has 7 rings (SSSR count). The SMILES string of the molecule is Cc1nccc(-c2nc(C34CCC(CC3)CC4)[nH]c2-c2ccc3nccnc3c2)n1. The van der Waals surface area contributed by atoms with Crippen LogP contribution >= 0.6 is 0 Å². The summed E-state index contributed by atoms with van der Waals surface area (Å²) in [6.07, 6.45) is 12.9. The maximum Gasteiger partial charge on any atom is 0.125 e. The Hall–Kier alpha value is -3.15. The molecule has 0 saturated heterocycles. The molecule has 3 aliphatic rings. The maximum absolute atomic E-state index is 5.19. The van der Waals surface area contributed by atoms with Crippen LogP contribution in [-0.4, -0.2) is 29.9 Å². The van der Waals surface area contributed by atoms with Crippen LogP contribution in [0, 0.1) is 12.8 Å². The Balaban J connectivity index is 1.54. The highest BCUT2D eigenvalue weighted by atomic mass is 15.0. The fraction of sp³-hybridized carbons (Fsp3) is 0.375. The number of H-pyrrole nitrogens is 1. The minimum Gasteiger partial charge on any atom is -0.341 e. The monoisotopic (exact) mass is 396 g/mol. The van der Waals surface area contributed by atoms with Crippen molar-refractivity contribution in [3.05, 3.63) is 54.5 Å². The van der Waals surface area contributed by atoms with Crippen molar-refractivity contribution < 1.29 is 0 Å². The van der Waals surface area contributed by atoms with Crippen LogP contribution in [0.15, 0.2) is 42.9 Å². The van der Waals surface area contributed by atoms with Crippen molar-refractivity contribution in [3.8, 4) is 22.6 Å². The molecule has 30 heavy (non-hydrogen) atoms. The molecule has 4 aromatic rings. The zero-order valence-corrected chi connectivity index (χ0v) is 17.1. The fourth-order valence-electron chi connectivity index (χ4n) is 5.33. The number of fused-ring (bicyclic) bond motifs is 4. The van der Waals surface area contributed by atoms with Gasteiger partial charge in [0, 0.05) is 29.6 Å². The predicted molar refractivity (Wildman–Crippen MR) is 116 cm³/mol. The van der Waals surface area contributed by atoms with Gasteiger partial charge < -0.3 is 4.98 Å². The molecule has 0 spiro atoms. The number of aromatic nitrogens is 6. The number of nitrogens with zero attached hydrogens (tertiary/aromatic N) is 5. The molecule has 3 aliphatic carbocycles. The van der Waals surface area contributed by atoms with Gasteiger partial charge in [-0.2, -0.15) is 0 Å².